The highest BCUT2D eigenvalue weighted by Crippen LogP contribution is 2.21. The molecule has 21 heavy (non-hydrogen) atoms. The maximum atomic E-state index is 12.0. The Bertz CT molecular complexity index is 330. The summed E-state index contributed by atoms with van der Waals surface area (Å²) in [4.78, 5) is 13.9. The van der Waals surface area contributed by atoms with Crippen LogP contribution in [0.1, 0.15) is 65.7 Å². The highest BCUT2D eigenvalue weighted by Gasteiger charge is 2.29. The second kappa shape index (κ2) is 7.48. The molecule has 2 rings (SSSR count). The summed E-state index contributed by atoms with van der Waals surface area (Å²) in [5, 5.41) is 3.73. The van der Waals surface area contributed by atoms with Crippen LogP contribution in [0.25, 0.3) is 0 Å². The van der Waals surface area contributed by atoms with Crippen LogP contribution in [0.2, 0.25) is 0 Å². The molecule has 1 saturated heterocycles. The van der Waals surface area contributed by atoms with Crippen molar-refractivity contribution in [2.24, 2.45) is 5.92 Å². The van der Waals surface area contributed by atoms with Crippen molar-refractivity contribution in [3.05, 3.63) is 0 Å². The van der Waals surface area contributed by atoms with Crippen LogP contribution in [-0.4, -0.2) is 42.3 Å². The minimum absolute atomic E-state index is 0.153. The molecular formula is C17H32N2O2. The van der Waals surface area contributed by atoms with Crippen molar-refractivity contribution in [3.8, 4) is 0 Å². The van der Waals surface area contributed by atoms with Gasteiger partial charge in [0.25, 0.3) is 0 Å². The standard InChI is InChI=1S/C17H32N2O2/c1-17(2,3)21-16(20)19-11-10-14(13-19)12-18-15-8-6-4-5-7-9-15/h14-15,18H,4-13H2,1-3H3. The highest BCUT2D eigenvalue weighted by atomic mass is 16.6. The second-order valence-electron chi connectivity index (χ2n) is 7.68. The molecule has 0 aromatic rings. The number of nitrogens with zero attached hydrogens (tertiary/aromatic N) is 1. The van der Waals surface area contributed by atoms with Gasteiger partial charge in [0.05, 0.1) is 0 Å². The molecule has 1 N–H and O–H groups in total. The summed E-state index contributed by atoms with van der Waals surface area (Å²) in [6.45, 7) is 8.49. The Morgan fingerprint density at radius 3 is 2.43 bits per heavy atom. The number of rotatable bonds is 3. The van der Waals surface area contributed by atoms with Crippen LogP contribution < -0.4 is 5.32 Å². The van der Waals surface area contributed by atoms with E-state index in [0.29, 0.717) is 12.0 Å². The minimum Gasteiger partial charge on any atom is -0.444 e. The van der Waals surface area contributed by atoms with E-state index < -0.39 is 5.60 Å². The number of hydrogen-bond donors (Lipinski definition) is 1. The number of likely N-dealkylation sites (tertiary alicyclic amines) is 1. The lowest BCUT2D eigenvalue weighted by atomic mass is 10.1. The molecule has 1 amide bonds. The summed E-state index contributed by atoms with van der Waals surface area (Å²) < 4.78 is 5.45. The molecule has 1 heterocycles. The van der Waals surface area contributed by atoms with Gasteiger partial charge >= 0.3 is 6.09 Å². The van der Waals surface area contributed by atoms with E-state index in [4.69, 9.17) is 4.74 Å². The van der Waals surface area contributed by atoms with Gasteiger partial charge in [-0.3, -0.25) is 0 Å². The summed E-state index contributed by atoms with van der Waals surface area (Å²) in [7, 11) is 0. The zero-order chi connectivity index (χ0) is 15.3. The van der Waals surface area contributed by atoms with Gasteiger partial charge in [-0.1, -0.05) is 25.7 Å². The fourth-order valence-electron chi connectivity index (χ4n) is 3.31. The van der Waals surface area contributed by atoms with Crippen molar-refractivity contribution in [2.75, 3.05) is 19.6 Å². The van der Waals surface area contributed by atoms with Gasteiger partial charge < -0.3 is 15.0 Å². The first kappa shape index (κ1) is 16.6. The Morgan fingerprint density at radius 1 is 1.14 bits per heavy atom. The molecule has 4 heteroatoms. The molecule has 1 aliphatic carbocycles. The fourth-order valence-corrected chi connectivity index (χ4v) is 3.31. The predicted molar refractivity (Wildman–Crippen MR) is 85.4 cm³/mol. The Balaban J connectivity index is 1.68. The lowest BCUT2D eigenvalue weighted by Gasteiger charge is -2.24. The quantitative estimate of drug-likeness (QED) is 0.810. The van der Waals surface area contributed by atoms with Crippen LogP contribution in [0, 0.1) is 5.92 Å². The fraction of sp³-hybridized carbons (Fsp3) is 0.941. The summed E-state index contributed by atoms with van der Waals surface area (Å²) in [6.07, 6.45) is 9.12. The molecule has 1 saturated carbocycles. The van der Waals surface area contributed by atoms with Crippen LogP contribution in [0.3, 0.4) is 0 Å². The van der Waals surface area contributed by atoms with Gasteiger partial charge in [0.15, 0.2) is 0 Å². The molecule has 2 fully saturated rings. The number of hydrogen-bond acceptors (Lipinski definition) is 3. The molecule has 1 aliphatic heterocycles. The third kappa shape index (κ3) is 5.85. The highest BCUT2D eigenvalue weighted by molar-refractivity contribution is 5.68. The van der Waals surface area contributed by atoms with Crippen LogP contribution in [-0.2, 0) is 4.74 Å². The van der Waals surface area contributed by atoms with Gasteiger partial charge in [-0.05, 0) is 52.5 Å². The van der Waals surface area contributed by atoms with E-state index in [1.807, 2.05) is 25.7 Å². The topological polar surface area (TPSA) is 41.6 Å². The molecule has 1 unspecified atom stereocenters. The first-order valence-corrected chi connectivity index (χ1v) is 8.65. The van der Waals surface area contributed by atoms with E-state index in [-0.39, 0.29) is 6.09 Å². The van der Waals surface area contributed by atoms with Gasteiger partial charge in [-0.25, -0.2) is 4.79 Å². The Hall–Kier alpha value is -0.770. The molecule has 4 nitrogen and oxygen atoms in total. The maximum absolute atomic E-state index is 12.0. The van der Waals surface area contributed by atoms with Crippen molar-refractivity contribution < 1.29 is 9.53 Å². The smallest absolute Gasteiger partial charge is 0.410 e. The summed E-state index contributed by atoms with van der Waals surface area (Å²) in [5.41, 5.74) is -0.395. The normalized spacial score (nSPS) is 24.9. The Morgan fingerprint density at radius 2 is 1.81 bits per heavy atom. The number of ether oxygens (including phenoxy) is 1. The van der Waals surface area contributed by atoms with Gasteiger partial charge in [-0.15, -0.1) is 0 Å². The monoisotopic (exact) mass is 296 g/mol. The largest absolute Gasteiger partial charge is 0.444 e. The predicted octanol–water partition coefficient (Wildman–Crippen LogP) is 3.56. The number of nitrogens with one attached hydrogen (secondary N) is 1. The Kier molecular flexibility index (Phi) is 5.91. The number of carbonyl (C=O) groups excluding carboxylic acids is 1. The lowest BCUT2D eigenvalue weighted by Crippen LogP contribution is -2.37. The zero-order valence-electron chi connectivity index (χ0n) is 14.0. The lowest BCUT2D eigenvalue weighted by molar-refractivity contribution is 0.0288. The SMILES string of the molecule is CC(C)(C)OC(=O)N1CCC(CNC2CCCCCC2)C1. The average molecular weight is 296 g/mol. The molecular weight excluding hydrogens is 264 g/mol. The number of carbonyl (C=O) groups is 1. The van der Waals surface area contributed by atoms with Crippen molar-refractivity contribution in [2.45, 2.75) is 77.4 Å². The number of amides is 1. The molecule has 1 atom stereocenters. The van der Waals surface area contributed by atoms with Crippen LogP contribution in [0.5, 0.6) is 0 Å². The summed E-state index contributed by atoms with van der Waals surface area (Å²) >= 11 is 0. The van der Waals surface area contributed by atoms with E-state index >= 15 is 0 Å². The zero-order valence-corrected chi connectivity index (χ0v) is 14.0. The summed E-state index contributed by atoms with van der Waals surface area (Å²) in [6, 6.07) is 0.697. The van der Waals surface area contributed by atoms with E-state index in [1.165, 1.54) is 38.5 Å². The molecule has 122 valence electrons. The van der Waals surface area contributed by atoms with Gasteiger partial charge in [0, 0.05) is 19.1 Å². The third-order valence-corrected chi connectivity index (χ3v) is 4.49. The second-order valence-corrected chi connectivity index (χ2v) is 7.68. The molecule has 0 aromatic carbocycles. The van der Waals surface area contributed by atoms with Crippen molar-refractivity contribution in [3.63, 3.8) is 0 Å². The molecule has 0 spiro atoms. The molecule has 0 radical (unpaired) electrons. The van der Waals surface area contributed by atoms with E-state index in [0.717, 1.165) is 26.1 Å². The van der Waals surface area contributed by atoms with Crippen molar-refractivity contribution in [1.82, 2.24) is 10.2 Å². The Labute approximate surface area is 129 Å². The van der Waals surface area contributed by atoms with Crippen LogP contribution >= 0.6 is 0 Å². The van der Waals surface area contributed by atoms with E-state index in [1.54, 1.807) is 0 Å². The molecule has 0 bridgehead atoms. The minimum atomic E-state index is -0.395. The average Bonchev–Trinajstić information content (AvgIpc) is 2.71. The first-order chi connectivity index (χ1) is 9.94. The molecule has 0 aromatic heterocycles. The third-order valence-electron chi connectivity index (χ3n) is 4.49. The summed E-state index contributed by atoms with van der Waals surface area (Å²) in [5.74, 6) is 0.584. The maximum Gasteiger partial charge on any atom is 0.410 e. The van der Waals surface area contributed by atoms with E-state index in [9.17, 15) is 4.79 Å². The van der Waals surface area contributed by atoms with Crippen molar-refractivity contribution in [1.29, 1.82) is 0 Å². The van der Waals surface area contributed by atoms with Gasteiger partial charge in [0.1, 0.15) is 5.60 Å². The van der Waals surface area contributed by atoms with Gasteiger partial charge in [0.2, 0.25) is 0 Å². The van der Waals surface area contributed by atoms with E-state index in [2.05, 4.69) is 5.32 Å². The van der Waals surface area contributed by atoms with Crippen LogP contribution in [0.4, 0.5) is 4.79 Å². The molecule has 2 aliphatic rings. The van der Waals surface area contributed by atoms with Gasteiger partial charge in [-0.2, -0.15) is 0 Å². The van der Waals surface area contributed by atoms with Crippen LogP contribution in [0.15, 0.2) is 0 Å². The first-order valence-electron chi connectivity index (χ1n) is 8.65. The van der Waals surface area contributed by atoms with Crippen molar-refractivity contribution >= 4 is 6.09 Å².